The van der Waals surface area contributed by atoms with Crippen LogP contribution in [0.3, 0.4) is 0 Å². The van der Waals surface area contributed by atoms with Crippen LogP contribution in [0.5, 0.6) is 23.0 Å². The van der Waals surface area contributed by atoms with Gasteiger partial charge in [-0.15, -0.1) is 0 Å². The molecule has 0 bridgehead atoms. The molecule has 0 radical (unpaired) electrons. The summed E-state index contributed by atoms with van der Waals surface area (Å²) in [4.78, 5) is 10.7. The first-order valence-corrected chi connectivity index (χ1v) is 10.3. The van der Waals surface area contributed by atoms with E-state index in [0.717, 1.165) is 17.2 Å². The molecule has 1 N–H and O–H groups in total. The number of carboxylic acids is 1. The molecule has 4 rings (SSSR count). The molecule has 31 heavy (non-hydrogen) atoms. The third-order valence-electron chi connectivity index (χ3n) is 4.55. The minimum Gasteiger partial charge on any atom is -0.478 e. The Kier molecular flexibility index (Phi) is 6.28. The molecule has 0 spiro atoms. The number of hydrogen-bond donors (Lipinski definition) is 1. The van der Waals surface area contributed by atoms with Gasteiger partial charge in [-0.1, -0.05) is 46.9 Å². The molecule has 1 aliphatic rings. The molecule has 3 aromatic carbocycles. The summed E-state index contributed by atoms with van der Waals surface area (Å²) < 4.78 is 16.8. The lowest BCUT2D eigenvalue weighted by molar-refractivity contribution is -0.131. The van der Waals surface area contributed by atoms with E-state index in [9.17, 15) is 4.79 Å². The molecule has 3 aromatic rings. The Morgan fingerprint density at radius 1 is 1.00 bits per heavy atom. The maximum absolute atomic E-state index is 10.7. The fourth-order valence-corrected chi connectivity index (χ4v) is 3.83. The Morgan fingerprint density at radius 2 is 1.71 bits per heavy atom. The van der Waals surface area contributed by atoms with E-state index >= 15 is 0 Å². The molecule has 0 fully saturated rings. The van der Waals surface area contributed by atoms with Gasteiger partial charge in [-0.3, -0.25) is 0 Å². The van der Waals surface area contributed by atoms with Crippen LogP contribution in [0, 0.1) is 0 Å². The molecule has 0 saturated carbocycles. The molecule has 0 aliphatic carbocycles. The fourth-order valence-electron chi connectivity index (χ4n) is 3.07. The van der Waals surface area contributed by atoms with Crippen LogP contribution < -0.4 is 14.2 Å². The zero-order chi connectivity index (χ0) is 22.0. The predicted molar refractivity (Wildman–Crippen MR) is 120 cm³/mol. The molecule has 158 valence electrons. The second-order valence-electron chi connectivity index (χ2n) is 6.68. The highest BCUT2D eigenvalue weighted by Crippen LogP contribution is 2.41. The maximum atomic E-state index is 10.7. The number of ether oxygens (including phenoxy) is 3. The summed E-state index contributed by atoms with van der Waals surface area (Å²) in [5, 5.41) is 10.1. The highest BCUT2D eigenvalue weighted by atomic mass is 35.5. The molecule has 1 aliphatic heterocycles. The van der Waals surface area contributed by atoms with E-state index in [4.69, 9.17) is 54.1 Å². The number of rotatable bonds is 6. The molecular weight excluding hydrogens is 463 g/mol. The summed E-state index contributed by atoms with van der Waals surface area (Å²) in [6.45, 7) is 0.156. The average Bonchev–Trinajstić information content (AvgIpc) is 3.17. The molecule has 0 aromatic heterocycles. The first-order chi connectivity index (χ1) is 14.9. The second kappa shape index (κ2) is 9.10. The molecule has 0 unspecified atom stereocenters. The van der Waals surface area contributed by atoms with Crippen LogP contribution in [0.1, 0.15) is 16.7 Å². The van der Waals surface area contributed by atoms with Gasteiger partial charge in [-0.25, -0.2) is 4.79 Å². The van der Waals surface area contributed by atoms with Crippen molar-refractivity contribution in [3.05, 3.63) is 86.4 Å². The lowest BCUT2D eigenvalue weighted by Crippen LogP contribution is -1.97. The summed E-state index contributed by atoms with van der Waals surface area (Å²) in [5.74, 6) is 1.24. The van der Waals surface area contributed by atoms with Crippen LogP contribution in [0.2, 0.25) is 15.1 Å². The van der Waals surface area contributed by atoms with Gasteiger partial charge in [-0.05, 0) is 47.5 Å². The lowest BCUT2D eigenvalue weighted by atomic mass is 10.0. The Morgan fingerprint density at radius 3 is 2.42 bits per heavy atom. The molecular formula is C23H15Cl3O5. The summed E-state index contributed by atoms with van der Waals surface area (Å²) in [7, 11) is 0. The first-order valence-electron chi connectivity index (χ1n) is 9.14. The Bertz CT molecular complexity index is 1170. The number of hydrogen-bond acceptors (Lipinski definition) is 4. The molecule has 1 heterocycles. The minimum atomic E-state index is -1.01. The van der Waals surface area contributed by atoms with Crippen LogP contribution in [-0.4, -0.2) is 17.9 Å². The minimum absolute atomic E-state index is 0.156. The van der Waals surface area contributed by atoms with Gasteiger partial charge in [0.2, 0.25) is 6.79 Å². The Balaban J connectivity index is 1.63. The normalized spacial score (nSPS) is 12.4. The summed E-state index contributed by atoms with van der Waals surface area (Å²) >= 11 is 19.1. The topological polar surface area (TPSA) is 65.0 Å². The number of carbonyl (C=O) groups is 1. The van der Waals surface area contributed by atoms with Gasteiger partial charge < -0.3 is 19.3 Å². The van der Waals surface area contributed by atoms with Gasteiger partial charge >= 0.3 is 5.97 Å². The van der Waals surface area contributed by atoms with Crippen molar-refractivity contribution >= 4 is 46.8 Å². The van der Waals surface area contributed by atoms with Crippen molar-refractivity contribution in [1.82, 2.24) is 0 Å². The van der Waals surface area contributed by atoms with Crippen LogP contribution >= 0.6 is 34.8 Å². The summed E-state index contributed by atoms with van der Waals surface area (Å²) in [5.41, 5.74) is 2.24. The maximum Gasteiger partial charge on any atom is 0.328 e. The number of aliphatic carboxylic acids is 1. The van der Waals surface area contributed by atoms with E-state index in [1.807, 2.05) is 6.07 Å². The highest BCUT2D eigenvalue weighted by molar-refractivity contribution is 6.35. The molecule has 0 atom stereocenters. The van der Waals surface area contributed by atoms with E-state index in [2.05, 4.69) is 0 Å². The van der Waals surface area contributed by atoms with E-state index in [-0.39, 0.29) is 6.79 Å². The molecule has 0 saturated heterocycles. The zero-order valence-corrected chi connectivity index (χ0v) is 18.2. The van der Waals surface area contributed by atoms with Gasteiger partial charge in [0, 0.05) is 39.2 Å². The monoisotopic (exact) mass is 476 g/mol. The number of carboxylic acid groups (broad SMARTS) is 1. The quantitative estimate of drug-likeness (QED) is 0.393. The summed E-state index contributed by atoms with van der Waals surface area (Å²) in [6, 6.07) is 13.8. The van der Waals surface area contributed by atoms with Crippen LogP contribution in [-0.2, 0) is 11.2 Å². The van der Waals surface area contributed by atoms with Crippen molar-refractivity contribution in [3.8, 4) is 23.0 Å². The van der Waals surface area contributed by atoms with Crippen LogP contribution in [0.4, 0.5) is 0 Å². The Labute approximate surface area is 193 Å². The van der Waals surface area contributed by atoms with E-state index in [1.54, 1.807) is 42.5 Å². The second-order valence-corrected chi connectivity index (χ2v) is 7.93. The van der Waals surface area contributed by atoms with Gasteiger partial charge in [0.25, 0.3) is 0 Å². The largest absolute Gasteiger partial charge is 0.478 e. The van der Waals surface area contributed by atoms with Crippen molar-refractivity contribution in [2.45, 2.75) is 6.42 Å². The zero-order valence-electron chi connectivity index (χ0n) is 15.9. The molecule has 5 nitrogen and oxygen atoms in total. The van der Waals surface area contributed by atoms with Crippen LogP contribution in [0.15, 0.2) is 54.6 Å². The van der Waals surface area contributed by atoms with Gasteiger partial charge in [0.05, 0.1) is 0 Å². The lowest BCUT2D eigenvalue weighted by Gasteiger charge is -2.15. The highest BCUT2D eigenvalue weighted by Gasteiger charge is 2.19. The van der Waals surface area contributed by atoms with Gasteiger partial charge in [0.15, 0.2) is 11.5 Å². The van der Waals surface area contributed by atoms with Gasteiger partial charge in [-0.2, -0.15) is 0 Å². The first kappa shape index (κ1) is 21.4. The van der Waals surface area contributed by atoms with Crippen molar-refractivity contribution in [3.63, 3.8) is 0 Å². The van der Waals surface area contributed by atoms with E-state index in [0.29, 0.717) is 50.1 Å². The number of benzene rings is 3. The van der Waals surface area contributed by atoms with Crippen molar-refractivity contribution in [2.75, 3.05) is 6.79 Å². The van der Waals surface area contributed by atoms with Crippen molar-refractivity contribution in [2.24, 2.45) is 0 Å². The smallest absolute Gasteiger partial charge is 0.328 e. The fraction of sp³-hybridized carbons (Fsp3) is 0.0870. The third-order valence-corrected chi connectivity index (χ3v) is 5.46. The molecule has 0 amide bonds. The number of halogens is 3. The molecule has 8 heteroatoms. The van der Waals surface area contributed by atoms with E-state index < -0.39 is 5.97 Å². The van der Waals surface area contributed by atoms with Crippen LogP contribution in [0.25, 0.3) is 6.08 Å². The van der Waals surface area contributed by atoms with E-state index in [1.165, 1.54) is 6.08 Å². The predicted octanol–water partition coefficient (Wildman–Crippen LogP) is 6.86. The average molecular weight is 478 g/mol. The van der Waals surface area contributed by atoms with Crippen molar-refractivity contribution < 1.29 is 24.1 Å². The number of fused-ring (bicyclic) bond motifs is 1. The Hall–Kier alpha value is -2.86. The third kappa shape index (κ3) is 5.07. The summed E-state index contributed by atoms with van der Waals surface area (Å²) in [6.07, 6.45) is 2.95. The van der Waals surface area contributed by atoms with Gasteiger partial charge in [0.1, 0.15) is 11.5 Å². The van der Waals surface area contributed by atoms with Crippen molar-refractivity contribution in [1.29, 1.82) is 0 Å². The SMILES string of the molecule is O=C(O)/C=C\c1ccc(Oc2cc(Cl)cc(Cl)c2Cc2cc3c(cc2Cl)OCO3)cc1. The standard InChI is InChI=1S/C23H15Cl3O5/c24-15-9-19(26)17(7-14-8-21-22(11-18(14)25)30-12-29-21)20(10-15)31-16-4-1-13(2-5-16)3-6-23(27)28/h1-6,8-11H,7,12H2,(H,27,28)/b6-3-.